The number of aryl methyl sites for hydroxylation is 1. The van der Waals surface area contributed by atoms with Gasteiger partial charge in [-0.25, -0.2) is 9.99 Å². The van der Waals surface area contributed by atoms with Crippen molar-refractivity contribution in [3.8, 4) is 0 Å². The first-order valence-electron chi connectivity index (χ1n) is 11.3. The smallest absolute Gasteiger partial charge is 0.383 e. The van der Waals surface area contributed by atoms with Crippen molar-refractivity contribution < 1.29 is 22.8 Å². The van der Waals surface area contributed by atoms with Crippen molar-refractivity contribution >= 4 is 39.4 Å². The summed E-state index contributed by atoms with van der Waals surface area (Å²) in [6, 6.07) is 7.07. The molecule has 9 nitrogen and oxygen atoms in total. The molecule has 0 radical (unpaired) electrons. The standard InChI is InChI=1S/C24H20F3N7O2/c1-32-20-17-6-12(2-5-19(17)31-21(28)18(20)9-30-32)22(35)34(33-10-13-7-16(13)23(33)36)11-15-4-3-14(8-29-15)24(25,26)27/h2-6,8-9,13,16H,7,10-11H2,1H3,(H2,28,31). The number of fused-ring (bicyclic) bond motifs is 4. The van der Waals surface area contributed by atoms with Gasteiger partial charge in [-0.15, -0.1) is 0 Å². The van der Waals surface area contributed by atoms with E-state index in [1.807, 2.05) is 0 Å². The number of hydrogen-bond acceptors (Lipinski definition) is 6. The summed E-state index contributed by atoms with van der Waals surface area (Å²) in [6.45, 7) is 0.231. The molecule has 6 rings (SSSR count). The number of hydrazine groups is 1. The van der Waals surface area contributed by atoms with Crippen LogP contribution in [0.15, 0.2) is 42.7 Å². The maximum atomic E-state index is 13.8. The largest absolute Gasteiger partial charge is 0.417 e. The molecule has 2 amide bonds. The van der Waals surface area contributed by atoms with E-state index in [9.17, 15) is 22.8 Å². The number of nitrogens with zero attached hydrogens (tertiary/aromatic N) is 6. The van der Waals surface area contributed by atoms with Crippen LogP contribution in [0.4, 0.5) is 19.0 Å². The Kier molecular flexibility index (Phi) is 4.72. The number of piperidine rings is 1. The Labute approximate surface area is 202 Å². The number of rotatable bonds is 4. The summed E-state index contributed by atoms with van der Waals surface area (Å²) >= 11 is 0. The maximum Gasteiger partial charge on any atom is 0.417 e. The second kappa shape index (κ2) is 7.64. The molecule has 4 heterocycles. The van der Waals surface area contributed by atoms with Gasteiger partial charge in [-0.05, 0) is 42.7 Å². The average molecular weight is 495 g/mol. The summed E-state index contributed by atoms with van der Waals surface area (Å²) in [4.78, 5) is 34.9. The Balaban J connectivity index is 1.39. The third kappa shape index (κ3) is 3.51. The first kappa shape index (κ1) is 22.3. The Hall–Kier alpha value is -4.22. The highest BCUT2D eigenvalue weighted by atomic mass is 19.4. The second-order valence-electron chi connectivity index (χ2n) is 9.18. The van der Waals surface area contributed by atoms with E-state index in [-0.39, 0.29) is 35.5 Å². The highest BCUT2D eigenvalue weighted by molar-refractivity contribution is 6.10. The minimum atomic E-state index is -4.52. The van der Waals surface area contributed by atoms with Gasteiger partial charge in [0.1, 0.15) is 5.82 Å². The lowest BCUT2D eigenvalue weighted by Gasteiger charge is -2.33. The topological polar surface area (TPSA) is 110 Å². The first-order chi connectivity index (χ1) is 17.1. The molecule has 12 heteroatoms. The van der Waals surface area contributed by atoms with E-state index in [4.69, 9.17) is 5.73 Å². The van der Waals surface area contributed by atoms with Crippen LogP contribution in [-0.2, 0) is 24.6 Å². The predicted octanol–water partition coefficient (Wildman–Crippen LogP) is 3.15. The van der Waals surface area contributed by atoms with Gasteiger partial charge < -0.3 is 5.73 Å². The number of halogens is 3. The van der Waals surface area contributed by atoms with Crippen molar-refractivity contribution in [3.63, 3.8) is 0 Å². The van der Waals surface area contributed by atoms with E-state index in [2.05, 4.69) is 15.1 Å². The van der Waals surface area contributed by atoms with Crippen LogP contribution in [0.3, 0.4) is 0 Å². The minimum Gasteiger partial charge on any atom is -0.383 e. The van der Waals surface area contributed by atoms with Crippen molar-refractivity contribution in [1.29, 1.82) is 0 Å². The number of aromatic nitrogens is 4. The van der Waals surface area contributed by atoms with Crippen molar-refractivity contribution in [1.82, 2.24) is 29.8 Å². The fraction of sp³-hybridized carbons (Fsp3) is 0.292. The minimum absolute atomic E-state index is 0.112. The Bertz CT molecular complexity index is 1550. The monoisotopic (exact) mass is 495 g/mol. The molecule has 3 aromatic heterocycles. The highest BCUT2D eigenvalue weighted by Gasteiger charge is 2.54. The molecule has 1 aliphatic carbocycles. The molecular formula is C24H20F3N7O2. The molecule has 2 unspecified atom stereocenters. The zero-order valence-corrected chi connectivity index (χ0v) is 19.0. The molecule has 1 aliphatic heterocycles. The number of nitrogens with two attached hydrogens (primary N) is 1. The number of anilines is 1. The van der Waals surface area contributed by atoms with Gasteiger partial charge in [-0.1, -0.05) is 0 Å². The van der Waals surface area contributed by atoms with Crippen LogP contribution in [0.5, 0.6) is 0 Å². The van der Waals surface area contributed by atoms with Crippen LogP contribution in [0, 0.1) is 11.8 Å². The lowest BCUT2D eigenvalue weighted by atomic mass is 10.1. The van der Waals surface area contributed by atoms with E-state index >= 15 is 0 Å². The number of pyridine rings is 2. The molecule has 2 fully saturated rings. The van der Waals surface area contributed by atoms with Crippen LogP contribution in [0.25, 0.3) is 21.8 Å². The normalized spacial score (nSPS) is 19.2. The summed E-state index contributed by atoms with van der Waals surface area (Å²) in [5.41, 5.74) is 6.98. The molecule has 184 valence electrons. The van der Waals surface area contributed by atoms with Crippen LogP contribution < -0.4 is 5.73 Å². The summed E-state index contributed by atoms with van der Waals surface area (Å²) < 4.78 is 40.6. The quantitative estimate of drug-likeness (QED) is 0.466. The molecule has 0 bridgehead atoms. The zero-order valence-electron chi connectivity index (χ0n) is 19.0. The Morgan fingerprint density at radius 2 is 2.00 bits per heavy atom. The number of alkyl halides is 3. The van der Waals surface area contributed by atoms with E-state index in [1.165, 1.54) is 16.1 Å². The Morgan fingerprint density at radius 1 is 1.19 bits per heavy atom. The maximum absolute atomic E-state index is 13.8. The SMILES string of the molecule is Cn1ncc2c(N)nc3ccc(C(=O)N(Cc4ccc(C(F)(F)F)cn4)N4CC5CC5C4=O)cc3c21. The van der Waals surface area contributed by atoms with Crippen molar-refractivity contribution in [2.75, 3.05) is 12.3 Å². The molecule has 1 saturated heterocycles. The molecule has 2 aliphatic rings. The second-order valence-corrected chi connectivity index (χ2v) is 9.18. The van der Waals surface area contributed by atoms with Crippen molar-refractivity contribution in [3.05, 3.63) is 59.5 Å². The molecule has 1 aromatic carbocycles. The molecule has 0 spiro atoms. The van der Waals surface area contributed by atoms with Crippen LogP contribution in [-0.4, -0.2) is 48.1 Å². The van der Waals surface area contributed by atoms with Gasteiger partial charge >= 0.3 is 6.18 Å². The number of hydrogen-bond donors (Lipinski definition) is 1. The number of nitrogen functional groups attached to an aromatic ring is 1. The fourth-order valence-corrected chi connectivity index (χ4v) is 4.82. The van der Waals surface area contributed by atoms with Gasteiger partial charge in [0, 0.05) is 36.7 Å². The summed E-state index contributed by atoms with van der Waals surface area (Å²) in [7, 11) is 1.76. The van der Waals surface area contributed by atoms with E-state index in [1.54, 1.807) is 36.1 Å². The lowest BCUT2D eigenvalue weighted by Crippen LogP contribution is -2.48. The van der Waals surface area contributed by atoms with Crippen molar-refractivity contribution in [2.24, 2.45) is 18.9 Å². The highest BCUT2D eigenvalue weighted by Crippen LogP contribution is 2.46. The number of amides is 2. The van der Waals surface area contributed by atoms with Crippen LogP contribution >= 0.6 is 0 Å². The lowest BCUT2D eigenvalue weighted by molar-refractivity contribution is -0.143. The summed E-state index contributed by atoms with van der Waals surface area (Å²) in [6.07, 6.45) is -1.40. The van der Waals surface area contributed by atoms with Crippen LogP contribution in [0.1, 0.15) is 28.0 Å². The average Bonchev–Trinajstić information content (AvgIpc) is 3.40. The van der Waals surface area contributed by atoms with Crippen LogP contribution in [0.2, 0.25) is 0 Å². The number of carbonyl (C=O) groups is 2. The van der Waals surface area contributed by atoms with Gasteiger partial charge in [0.05, 0.1) is 40.4 Å². The van der Waals surface area contributed by atoms with E-state index in [0.717, 1.165) is 18.7 Å². The van der Waals surface area contributed by atoms with Gasteiger partial charge in [-0.2, -0.15) is 18.3 Å². The third-order valence-electron chi connectivity index (χ3n) is 6.85. The third-order valence-corrected chi connectivity index (χ3v) is 6.85. The molecule has 1 saturated carbocycles. The van der Waals surface area contributed by atoms with E-state index in [0.29, 0.717) is 34.2 Å². The molecular weight excluding hydrogens is 475 g/mol. The molecule has 2 atom stereocenters. The Morgan fingerprint density at radius 3 is 2.67 bits per heavy atom. The summed E-state index contributed by atoms with van der Waals surface area (Å²) in [5.74, 6) is -0.239. The molecule has 4 aromatic rings. The van der Waals surface area contributed by atoms with Gasteiger partial charge in [0.15, 0.2) is 0 Å². The molecule has 2 N–H and O–H groups in total. The zero-order chi connectivity index (χ0) is 25.4. The molecule has 36 heavy (non-hydrogen) atoms. The number of carbonyl (C=O) groups excluding carboxylic acids is 2. The van der Waals surface area contributed by atoms with Crippen molar-refractivity contribution in [2.45, 2.75) is 19.1 Å². The number of benzene rings is 1. The van der Waals surface area contributed by atoms with Gasteiger partial charge in [0.25, 0.3) is 5.91 Å². The van der Waals surface area contributed by atoms with Gasteiger partial charge in [0.2, 0.25) is 5.91 Å². The van der Waals surface area contributed by atoms with E-state index < -0.39 is 17.6 Å². The van der Waals surface area contributed by atoms with Gasteiger partial charge in [-0.3, -0.25) is 24.3 Å². The fourth-order valence-electron chi connectivity index (χ4n) is 4.82. The first-order valence-corrected chi connectivity index (χ1v) is 11.3. The summed E-state index contributed by atoms with van der Waals surface area (Å²) in [5, 5.41) is 8.22. The predicted molar refractivity (Wildman–Crippen MR) is 123 cm³/mol.